The summed E-state index contributed by atoms with van der Waals surface area (Å²) in [5.74, 6) is -0.382. The third kappa shape index (κ3) is 4.39. The van der Waals surface area contributed by atoms with E-state index in [-0.39, 0.29) is 30.7 Å². The van der Waals surface area contributed by atoms with E-state index in [0.29, 0.717) is 31.4 Å². The smallest absolute Gasteiger partial charge is 0.243 e. The first kappa shape index (κ1) is 17.6. The highest BCUT2D eigenvalue weighted by Crippen LogP contribution is 2.17. The van der Waals surface area contributed by atoms with E-state index in [4.69, 9.17) is 11.1 Å². The molecule has 1 aliphatic heterocycles. The summed E-state index contributed by atoms with van der Waals surface area (Å²) in [6.07, 6.45) is 1.32. The van der Waals surface area contributed by atoms with Gasteiger partial charge in [0, 0.05) is 18.7 Å². The Kier molecular flexibility index (Phi) is 6.02. The molecule has 128 valence electrons. The molecule has 1 fully saturated rings. The molecule has 0 radical (unpaired) electrons. The van der Waals surface area contributed by atoms with Gasteiger partial charge in [0.2, 0.25) is 11.8 Å². The standard InChI is InChI=1S/C16H21N5O3/c17-15(18)12-3-1-11(2-4-12)9-20-16(24)13-5-7-21(13)14(23)10-19-6-8-22/h1-4,8,13,19H,5-7,9-10H2,(H3,17,18)(H,20,24). The van der Waals surface area contributed by atoms with Crippen LogP contribution in [0, 0.1) is 5.41 Å². The molecule has 1 heterocycles. The van der Waals surface area contributed by atoms with Crippen LogP contribution < -0.4 is 16.4 Å². The topological polar surface area (TPSA) is 128 Å². The maximum Gasteiger partial charge on any atom is 0.243 e. The van der Waals surface area contributed by atoms with Crippen LogP contribution in [0.5, 0.6) is 0 Å². The zero-order valence-corrected chi connectivity index (χ0v) is 13.2. The van der Waals surface area contributed by atoms with Gasteiger partial charge in [0.05, 0.1) is 13.1 Å². The van der Waals surface area contributed by atoms with Crippen molar-refractivity contribution in [3.05, 3.63) is 35.4 Å². The molecule has 1 aromatic rings. The lowest BCUT2D eigenvalue weighted by Gasteiger charge is -2.39. The quantitative estimate of drug-likeness (QED) is 0.210. The van der Waals surface area contributed by atoms with Crippen molar-refractivity contribution in [1.29, 1.82) is 5.41 Å². The molecule has 1 aromatic carbocycles. The molecule has 0 aliphatic carbocycles. The van der Waals surface area contributed by atoms with Gasteiger partial charge in [-0.05, 0) is 12.0 Å². The Morgan fingerprint density at radius 1 is 1.33 bits per heavy atom. The fourth-order valence-electron chi connectivity index (χ4n) is 2.41. The number of nitrogens with one attached hydrogen (secondary N) is 3. The number of nitrogens with zero attached hydrogens (tertiary/aromatic N) is 1. The van der Waals surface area contributed by atoms with Crippen LogP contribution in [0.15, 0.2) is 24.3 Å². The second-order valence-electron chi connectivity index (χ2n) is 5.52. The summed E-state index contributed by atoms with van der Waals surface area (Å²) in [7, 11) is 0. The second-order valence-corrected chi connectivity index (χ2v) is 5.52. The van der Waals surface area contributed by atoms with Crippen molar-refractivity contribution in [2.75, 3.05) is 19.6 Å². The van der Waals surface area contributed by atoms with E-state index in [1.807, 2.05) is 0 Å². The van der Waals surface area contributed by atoms with Gasteiger partial charge in [-0.3, -0.25) is 15.0 Å². The van der Waals surface area contributed by atoms with E-state index in [9.17, 15) is 14.4 Å². The first-order valence-corrected chi connectivity index (χ1v) is 7.67. The fraction of sp³-hybridized carbons (Fsp3) is 0.375. The lowest BCUT2D eigenvalue weighted by Crippen LogP contribution is -2.59. The summed E-state index contributed by atoms with van der Waals surface area (Å²) in [5, 5.41) is 12.8. The lowest BCUT2D eigenvalue weighted by molar-refractivity contribution is -0.146. The number of amides is 2. The normalized spacial score (nSPS) is 16.2. The summed E-state index contributed by atoms with van der Waals surface area (Å²) >= 11 is 0. The number of benzene rings is 1. The van der Waals surface area contributed by atoms with Crippen LogP contribution in [0.3, 0.4) is 0 Å². The number of nitrogens with two attached hydrogens (primary N) is 1. The predicted molar refractivity (Wildman–Crippen MR) is 88.4 cm³/mol. The number of amidine groups is 1. The number of hydrogen-bond acceptors (Lipinski definition) is 5. The first-order valence-electron chi connectivity index (χ1n) is 7.67. The highest BCUT2D eigenvalue weighted by molar-refractivity contribution is 5.95. The van der Waals surface area contributed by atoms with Gasteiger partial charge in [0.25, 0.3) is 0 Å². The van der Waals surface area contributed by atoms with Crippen LogP contribution in [0.1, 0.15) is 17.5 Å². The van der Waals surface area contributed by atoms with Crippen LogP contribution in [-0.2, 0) is 20.9 Å². The minimum Gasteiger partial charge on any atom is -0.384 e. The van der Waals surface area contributed by atoms with Crippen molar-refractivity contribution < 1.29 is 14.4 Å². The Labute approximate surface area is 139 Å². The van der Waals surface area contributed by atoms with Crippen molar-refractivity contribution in [1.82, 2.24) is 15.5 Å². The second kappa shape index (κ2) is 8.21. The summed E-state index contributed by atoms with van der Waals surface area (Å²) < 4.78 is 0. The molecule has 0 saturated carbocycles. The average Bonchev–Trinajstić information content (AvgIpc) is 2.52. The van der Waals surface area contributed by atoms with E-state index < -0.39 is 6.04 Å². The number of carbonyl (C=O) groups is 3. The minimum absolute atomic E-state index is 0.00241. The molecule has 2 amide bonds. The summed E-state index contributed by atoms with van der Waals surface area (Å²) in [5.41, 5.74) is 6.91. The molecule has 0 bridgehead atoms. The van der Waals surface area contributed by atoms with Gasteiger partial charge in [-0.15, -0.1) is 0 Å². The van der Waals surface area contributed by atoms with Gasteiger partial charge in [-0.1, -0.05) is 24.3 Å². The van der Waals surface area contributed by atoms with Crippen LogP contribution in [0.4, 0.5) is 0 Å². The van der Waals surface area contributed by atoms with Gasteiger partial charge < -0.3 is 26.1 Å². The van der Waals surface area contributed by atoms with E-state index in [0.717, 1.165) is 5.56 Å². The van der Waals surface area contributed by atoms with Gasteiger partial charge in [0.15, 0.2) is 0 Å². The molecule has 8 heteroatoms. The zero-order valence-electron chi connectivity index (χ0n) is 13.2. The molecule has 2 rings (SSSR count). The Morgan fingerprint density at radius 2 is 2.04 bits per heavy atom. The Hall–Kier alpha value is -2.74. The molecular formula is C16H21N5O3. The number of aldehydes is 1. The molecular weight excluding hydrogens is 310 g/mol. The van der Waals surface area contributed by atoms with Crippen LogP contribution >= 0.6 is 0 Å². The average molecular weight is 331 g/mol. The van der Waals surface area contributed by atoms with Crippen molar-refractivity contribution in [2.24, 2.45) is 5.73 Å². The number of carbonyl (C=O) groups excluding carboxylic acids is 3. The van der Waals surface area contributed by atoms with E-state index in [2.05, 4.69) is 10.6 Å². The number of rotatable bonds is 8. The van der Waals surface area contributed by atoms with Gasteiger partial charge in [0.1, 0.15) is 18.2 Å². The molecule has 0 spiro atoms. The third-order valence-electron chi connectivity index (χ3n) is 3.88. The fourth-order valence-corrected chi connectivity index (χ4v) is 2.41. The van der Waals surface area contributed by atoms with Crippen molar-refractivity contribution in [3.8, 4) is 0 Å². The van der Waals surface area contributed by atoms with Crippen molar-refractivity contribution in [2.45, 2.75) is 19.0 Å². The zero-order chi connectivity index (χ0) is 17.5. The molecule has 1 atom stereocenters. The molecule has 1 unspecified atom stereocenters. The number of nitrogen functional groups attached to an aromatic ring is 1. The molecule has 0 aromatic heterocycles. The van der Waals surface area contributed by atoms with Gasteiger partial charge in [-0.25, -0.2) is 0 Å². The monoisotopic (exact) mass is 331 g/mol. The lowest BCUT2D eigenvalue weighted by atomic mass is 10.0. The molecule has 1 saturated heterocycles. The molecule has 1 aliphatic rings. The Bertz CT molecular complexity index is 629. The highest BCUT2D eigenvalue weighted by Gasteiger charge is 2.36. The predicted octanol–water partition coefficient (Wildman–Crippen LogP) is -1.02. The Balaban J connectivity index is 1.80. The number of likely N-dealkylation sites (tertiary alicyclic amines) is 1. The molecule has 5 N–H and O–H groups in total. The van der Waals surface area contributed by atoms with Gasteiger partial charge in [-0.2, -0.15) is 0 Å². The Morgan fingerprint density at radius 3 is 2.58 bits per heavy atom. The highest BCUT2D eigenvalue weighted by atomic mass is 16.2. The van der Waals surface area contributed by atoms with Crippen molar-refractivity contribution in [3.63, 3.8) is 0 Å². The number of hydrogen-bond donors (Lipinski definition) is 4. The maximum atomic E-state index is 12.2. The largest absolute Gasteiger partial charge is 0.384 e. The van der Waals surface area contributed by atoms with E-state index in [1.54, 1.807) is 24.3 Å². The SMILES string of the molecule is N=C(N)c1ccc(CNC(=O)C2CCN2C(=O)CNCC=O)cc1. The van der Waals surface area contributed by atoms with Crippen LogP contribution in [0.2, 0.25) is 0 Å². The van der Waals surface area contributed by atoms with Crippen molar-refractivity contribution >= 4 is 23.9 Å². The summed E-state index contributed by atoms with van der Waals surface area (Å²) in [4.78, 5) is 35.8. The summed E-state index contributed by atoms with van der Waals surface area (Å²) in [6, 6.07) is 6.59. The van der Waals surface area contributed by atoms with Crippen LogP contribution in [-0.4, -0.2) is 54.5 Å². The maximum absolute atomic E-state index is 12.2. The summed E-state index contributed by atoms with van der Waals surface area (Å²) in [6.45, 7) is 1.06. The first-order chi connectivity index (χ1) is 11.5. The van der Waals surface area contributed by atoms with Crippen LogP contribution in [0.25, 0.3) is 0 Å². The third-order valence-corrected chi connectivity index (χ3v) is 3.88. The van der Waals surface area contributed by atoms with E-state index >= 15 is 0 Å². The molecule has 24 heavy (non-hydrogen) atoms. The van der Waals surface area contributed by atoms with E-state index in [1.165, 1.54) is 4.90 Å². The van der Waals surface area contributed by atoms with Gasteiger partial charge >= 0.3 is 0 Å². The minimum atomic E-state index is -0.452. The molecule has 8 nitrogen and oxygen atoms in total.